The van der Waals surface area contributed by atoms with Crippen molar-refractivity contribution in [3.8, 4) is 0 Å². The second-order valence-corrected chi connectivity index (χ2v) is 3.05. The first-order valence-corrected chi connectivity index (χ1v) is 4.19. The highest BCUT2D eigenvalue weighted by Crippen LogP contribution is 2.20. The first-order chi connectivity index (χ1) is 5.36. The molecular weight excluding hydrogens is 136 g/mol. The molecule has 0 spiro atoms. The van der Waals surface area contributed by atoms with Gasteiger partial charge in [0.2, 0.25) is 0 Å². The lowest BCUT2D eigenvalue weighted by atomic mass is 10.2. The van der Waals surface area contributed by atoms with Crippen molar-refractivity contribution in [1.29, 1.82) is 0 Å². The number of nitrogens with zero attached hydrogens (tertiary/aromatic N) is 2. The van der Waals surface area contributed by atoms with Crippen molar-refractivity contribution in [2.45, 2.75) is 32.6 Å². The highest BCUT2D eigenvalue weighted by Gasteiger charge is 2.14. The Morgan fingerprint density at radius 3 is 3.09 bits per heavy atom. The summed E-state index contributed by atoms with van der Waals surface area (Å²) in [6.07, 6.45) is 7.05. The predicted molar refractivity (Wildman–Crippen MR) is 47.1 cm³/mol. The smallest absolute Gasteiger partial charge is 0.126 e. The largest absolute Gasteiger partial charge is 0.236 e. The van der Waals surface area contributed by atoms with Gasteiger partial charge in [0, 0.05) is 0 Å². The zero-order valence-electron chi connectivity index (χ0n) is 6.80. The average molecular weight is 148 g/mol. The summed E-state index contributed by atoms with van der Waals surface area (Å²) in [4.78, 5) is 8.71. The van der Waals surface area contributed by atoms with Crippen LogP contribution in [0.5, 0.6) is 0 Å². The van der Waals surface area contributed by atoms with Crippen LogP contribution in [0.3, 0.4) is 0 Å². The van der Waals surface area contributed by atoms with Gasteiger partial charge in [-0.1, -0.05) is 6.08 Å². The molecule has 0 saturated carbocycles. The van der Waals surface area contributed by atoms with Gasteiger partial charge < -0.3 is 0 Å². The summed E-state index contributed by atoms with van der Waals surface area (Å²) < 4.78 is 0. The van der Waals surface area contributed by atoms with Gasteiger partial charge in [0.15, 0.2) is 0 Å². The normalized spacial score (nSPS) is 23.2. The van der Waals surface area contributed by atoms with Crippen LogP contribution in [0.25, 0.3) is 0 Å². The van der Waals surface area contributed by atoms with E-state index in [-0.39, 0.29) is 0 Å². The Labute approximate surface area is 66.7 Å². The molecule has 2 rings (SSSR count). The van der Waals surface area contributed by atoms with Gasteiger partial charge in [-0.3, -0.25) is 0 Å². The predicted octanol–water partition coefficient (Wildman–Crippen LogP) is 2.32. The first kappa shape index (κ1) is 6.77. The molecule has 0 N–H and O–H groups in total. The lowest BCUT2D eigenvalue weighted by Gasteiger charge is -1.93. The van der Waals surface area contributed by atoms with E-state index in [2.05, 4.69) is 16.1 Å². The van der Waals surface area contributed by atoms with Gasteiger partial charge in [0.1, 0.15) is 5.84 Å². The van der Waals surface area contributed by atoms with Crippen LogP contribution in [-0.2, 0) is 0 Å². The molecule has 0 amide bonds. The summed E-state index contributed by atoms with van der Waals surface area (Å²) in [5.74, 6) is 0.924. The van der Waals surface area contributed by atoms with Gasteiger partial charge in [0.25, 0.3) is 0 Å². The quantitative estimate of drug-likeness (QED) is 0.503. The van der Waals surface area contributed by atoms with Crippen LogP contribution < -0.4 is 0 Å². The van der Waals surface area contributed by atoms with Crippen LogP contribution in [-0.4, -0.2) is 11.5 Å². The molecule has 1 aliphatic carbocycles. The van der Waals surface area contributed by atoms with Crippen LogP contribution in [0.2, 0.25) is 0 Å². The maximum atomic E-state index is 4.37. The van der Waals surface area contributed by atoms with Crippen molar-refractivity contribution in [2.24, 2.45) is 9.98 Å². The topological polar surface area (TPSA) is 24.7 Å². The molecule has 0 atom stereocenters. The van der Waals surface area contributed by atoms with Crippen molar-refractivity contribution < 1.29 is 0 Å². The molecule has 0 unspecified atom stereocenters. The standard InChI is InChI=1S/C9H12N2/c1-7-10-8-5-3-2-4-6-9(8)11-7/h5H,2-4,6H2,1H3. The van der Waals surface area contributed by atoms with Crippen molar-refractivity contribution >= 4 is 11.5 Å². The van der Waals surface area contributed by atoms with Gasteiger partial charge in [-0.05, 0) is 32.6 Å². The maximum absolute atomic E-state index is 4.37. The Morgan fingerprint density at radius 2 is 2.18 bits per heavy atom. The Bertz CT molecular complexity index is 259. The molecular formula is C9H12N2. The fourth-order valence-corrected chi connectivity index (χ4v) is 1.54. The summed E-state index contributed by atoms with van der Waals surface area (Å²) in [6.45, 7) is 1.96. The second-order valence-electron chi connectivity index (χ2n) is 3.05. The Kier molecular flexibility index (Phi) is 1.60. The number of amidine groups is 1. The van der Waals surface area contributed by atoms with Crippen molar-refractivity contribution in [3.05, 3.63) is 11.8 Å². The summed E-state index contributed by atoms with van der Waals surface area (Å²) in [7, 11) is 0. The van der Waals surface area contributed by atoms with Gasteiger partial charge >= 0.3 is 0 Å². The van der Waals surface area contributed by atoms with E-state index in [1.54, 1.807) is 0 Å². The van der Waals surface area contributed by atoms with Crippen LogP contribution in [0.15, 0.2) is 21.8 Å². The number of hydrogen-bond acceptors (Lipinski definition) is 2. The summed E-state index contributed by atoms with van der Waals surface area (Å²) in [5.41, 5.74) is 2.35. The summed E-state index contributed by atoms with van der Waals surface area (Å²) in [6, 6.07) is 0. The number of rotatable bonds is 0. The van der Waals surface area contributed by atoms with E-state index in [9.17, 15) is 0 Å². The zero-order valence-corrected chi connectivity index (χ0v) is 6.80. The molecule has 0 aromatic rings. The van der Waals surface area contributed by atoms with Crippen molar-refractivity contribution in [2.75, 3.05) is 0 Å². The van der Waals surface area contributed by atoms with E-state index in [0.717, 1.165) is 18.0 Å². The van der Waals surface area contributed by atoms with Crippen LogP contribution in [0, 0.1) is 0 Å². The Hall–Kier alpha value is -0.920. The van der Waals surface area contributed by atoms with Crippen LogP contribution in [0.1, 0.15) is 32.6 Å². The highest BCUT2D eigenvalue weighted by atomic mass is 15.0. The molecule has 0 saturated heterocycles. The molecule has 0 radical (unpaired) electrons. The highest BCUT2D eigenvalue weighted by molar-refractivity contribution is 6.12. The minimum absolute atomic E-state index is 0.924. The van der Waals surface area contributed by atoms with E-state index in [4.69, 9.17) is 0 Å². The fourth-order valence-electron chi connectivity index (χ4n) is 1.54. The molecule has 11 heavy (non-hydrogen) atoms. The van der Waals surface area contributed by atoms with Gasteiger partial charge in [-0.15, -0.1) is 0 Å². The third-order valence-electron chi connectivity index (χ3n) is 2.08. The molecule has 0 aromatic carbocycles. The average Bonchev–Trinajstić information content (AvgIpc) is 2.17. The van der Waals surface area contributed by atoms with E-state index in [0.29, 0.717) is 0 Å². The molecule has 0 bridgehead atoms. The fraction of sp³-hybridized carbons (Fsp3) is 0.556. The number of allylic oxidation sites excluding steroid dienone is 2. The number of aliphatic imine (C=N–C) groups is 2. The molecule has 0 aromatic heterocycles. The SMILES string of the molecule is CC1=NC2=CCCCCC2=N1. The third-order valence-corrected chi connectivity index (χ3v) is 2.08. The molecule has 58 valence electrons. The molecule has 2 aliphatic rings. The third kappa shape index (κ3) is 1.25. The lowest BCUT2D eigenvalue weighted by molar-refractivity contribution is 0.789. The minimum atomic E-state index is 0.924. The first-order valence-electron chi connectivity index (χ1n) is 4.19. The molecule has 0 fully saturated rings. The van der Waals surface area contributed by atoms with Crippen molar-refractivity contribution in [3.63, 3.8) is 0 Å². The van der Waals surface area contributed by atoms with Gasteiger partial charge in [-0.2, -0.15) is 0 Å². The Balaban J connectivity index is 2.31. The second kappa shape index (κ2) is 2.61. The van der Waals surface area contributed by atoms with Crippen LogP contribution in [0.4, 0.5) is 0 Å². The zero-order chi connectivity index (χ0) is 7.68. The number of hydrogen-bond donors (Lipinski definition) is 0. The molecule has 2 nitrogen and oxygen atoms in total. The number of fused-ring (bicyclic) bond motifs is 1. The molecule has 1 heterocycles. The van der Waals surface area contributed by atoms with E-state index in [1.165, 1.54) is 25.0 Å². The molecule has 1 aliphatic heterocycles. The monoisotopic (exact) mass is 148 g/mol. The van der Waals surface area contributed by atoms with E-state index in [1.807, 2.05) is 6.92 Å². The maximum Gasteiger partial charge on any atom is 0.126 e. The summed E-state index contributed by atoms with van der Waals surface area (Å²) in [5, 5.41) is 0. The van der Waals surface area contributed by atoms with Crippen LogP contribution >= 0.6 is 0 Å². The van der Waals surface area contributed by atoms with Gasteiger partial charge in [-0.25, -0.2) is 9.98 Å². The summed E-state index contributed by atoms with van der Waals surface area (Å²) >= 11 is 0. The van der Waals surface area contributed by atoms with Gasteiger partial charge in [0.05, 0.1) is 11.4 Å². The molecule has 2 heteroatoms. The Morgan fingerprint density at radius 1 is 1.27 bits per heavy atom. The van der Waals surface area contributed by atoms with E-state index < -0.39 is 0 Å². The lowest BCUT2D eigenvalue weighted by Crippen LogP contribution is -1.94. The minimum Gasteiger partial charge on any atom is -0.236 e. The van der Waals surface area contributed by atoms with E-state index >= 15 is 0 Å². The van der Waals surface area contributed by atoms with Crippen molar-refractivity contribution in [1.82, 2.24) is 0 Å².